The Labute approximate surface area is 204 Å². The highest BCUT2D eigenvalue weighted by Gasteiger charge is 2.22. The molecule has 0 bridgehead atoms. The van der Waals surface area contributed by atoms with Gasteiger partial charge in [0.1, 0.15) is 16.5 Å². The van der Waals surface area contributed by atoms with E-state index in [-0.39, 0.29) is 27.4 Å². The van der Waals surface area contributed by atoms with Crippen LogP contribution in [-0.2, 0) is 9.84 Å². The summed E-state index contributed by atoms with van der Waals surface area (Å²) in [5, 5.41) is 7.04. The zero-order valence-electron chi connectivity index (χ0n) is 19.5. The Bertz CT molecular complexity index is 1350. The maximum Gasteiger partial charge on any atom is 0.271 e. The van der Waals surface area contributed by atoms with Gasteiger partial charge >= 0.3 is 0 Å². The molecule has 8 nitrogen and oxygen atoms in total. The zero-order valence-corrected chi connectivity index (χ0v) is 21.0. The normalized spacial score (nSPS) is 14.7. The fourth-order valence-corrected chi connectivity index (χ4v) is 5.75. The van der Waals surface area contributed by atoms with Crippen molar-refractivity contribution in [3.63, 3.8) is 0 Å². The molecular formula is C24H30ClN5O3S. The Morgan fingerprint density at radius 3 is 2.68 bits per heavy atom. The maximum atomic E-state index is 12.8. The summed E-state index contributed by atoms with van der Waals surface area (Å²) in [7, 11) is -3.43. The molecule has 0 amide bonds. The van der Waals surface area contributed by atoms with E-state index in [2.05, 4.69) is 27.5 Å². The van der Waals surface area contributed by atoms with Gasteiger partial charge in [0.2, 0.25) is 5.95 Å². The number of pyridine rings is 1. The number of hydrogen-bond acceptors (Lipinski definition) is 7. The van der Waals surface area contributed by atoms with Crippen LogP contribution < -0.4 is 16.2 Å². The molecule has 182 valence electrons. The first-order valence-corrected chi connectivity index (χ1v) is 13.7. The number of fused-ring (bicyclic) bond motifs is 1. The highest BCUT2D eigenvalue weighted by Crippen LogP contribution is 2.31. The van der Waals surface area contributed by atoms with Crippen molar-refractivity contribution in [2.45, 2.75) is 63.3 Å². The molecule has 1 aliphatic rings. The third-order valence-corrected chi connectivity index (χ3v) is 8.05. The quantitative estimate of drug-likeness (QED) is 0.406. The van der Waals surface area contributed by atoms with Crippen LogP contribution in [0.1, 0.15) is 57.1 Å². The van der Waals surface area contributed by atoms with E-state index in [1.54, 1.807) is 35.0 Å². The minimum atomic E-state index is -3.43. The number of rotatable bonds is 9. The Hall–Kier alpha value is -2.49. The summed E-state index contributed by atoms with van der Waals surface area (Å²) in [6, 6.07) is 6.63. The second-order valence-corrected chi connectivity index (χ2v) is 11.2. The van der Waals surface area contributed by atoms with Gasteiger partial charge in [0, 0.05) is 23.3 Å². The molecule has 0 unspecified atom stereocenters. The number of benzene rings is 1. The van der Waals surface area contributed by atoms with E-state index in [4.69, 9.17) is 11.6 Å². The van der Waals surface area contributed by atoms with Crippen LogP contribution in [0.5, 0.6) is 0 Å². The van der Waals surface area contributed by atoms with Crippen molar-refractivity contribution < 1.29 is 8.42 Å². The van der Waals surface area contributed by atoms with E-state index in [1.807, 2.05) is 6.92 Å². The standard InChI is InChI=1S/C24H30ClN5O3S/c1-3-4-11-26-15-34(32,33)19-9-10-21(16(2)12-19)28-24-27-14-17-13-20(25)23(31)30(22(17)29-24)18-7-5-6-8-18/h9-10,12-14,18,26H,3-8,11,15H2,1-2H3,(H,27,28,29). The number of aryl methyl sites for hydroxylation is 1. The minimum Gasteiger partial charge on any atom is -0.324 e. The number of sulfone groups is 1. The monoisotopic (exact) mass is 503 g/mol. The van der Waals surface area contributed by atoms with Gasteiger partial charge in [-0.3, -0.25) is 9.36 Å². The summed E-state index contributed by atoms with van der Waals surface area (Å²) in [6.07, 6.45) is 7.58. The SMILES string of the molecule is CCCCNCS(=O)(=O)c1ccc(Nc2ncc3cc(Cl)c(=O)n(C4CCCC4)c3n2)c(C)c1. The van der Waals surface area contributed by atoms with Crippen LogP contribution in [-0.4, -0.2) is 35.4 Å². The summed E-state index contributed by atoms with van der Waals surface area (Å²) >= 11 is 6.20. The van der Waals surface area contributed by atoms with E-state index in [0.29, 0.717) is 29.2 Å². The zero-order chi connectivity index (χ0) is 24.3. The van der Waals surface area contributed by atoms with E-state index < -0.39 is 9.84 Å². The lowest BCUT2D eigenvalue weighted by Crippen LogP contribution is -2.25. The number of nitrogens with one attached hydrogen (secondary N) is 2. The van der Waals surface area contributed by atoms with Gasteiger partial charge in [0.15, 0.2) is 9.84 Å². The lowest BCUT2D eigenvalue weighted by atomic mass is 10.2. The molecule has 3 aromatic rings. The average molecular weight is 504 g/mol. The predicted octanol–water partition coefficient (Wildman–Crippen LogP) is 4.73. The molecule has 4 rings (SSSR count). The lowest BCUT2D eigenvalue weighted by Gasteiger charge is -2.17. The molecule has 34 heavy (non-hydrogen) atoms. The lowest BCUT2D eigenvalue weighted by molar-refractivity contribution is 0.516. The van der Waals surface area contributed by atoms with Crippen LogP contribution in [0, 0.1) is 6.92 Å². The maximum absolute atomic E-state index is 12.8. The molecule has 10 heteroatoms. The first kappa shape index (κ1) is 24.6. The summed E-state index contributed by atoms with van der Waals surface area (Å²) in [5.74, 6) is 0.245. The first-order chi connectivity index (χ1) is 16.3. The molecule has 2 N–H and O–H groups in total. The summed E-state index contributed by atoms with van der Waals surface area (Å²) < 4.78 is 27.0. The molecule has 0 radical (unpaired) electrons. The Kier molecular flexibility index (Phi) is 7.54. The van der Waals surface area contributed by atoms with Crippen LogP contribution in [0.25, 0.3) is 11.0 Å². The smallest absolute Gasteiger partial charge is 0.271 e. The van der Waals surface area contributed by atoms with Crippen molar-refractivity contribution in [3.8, 4) is 0 Å². The second-order valence-electron chi connectivity index (χ2n) is 8.79. The van der Waals surface area contributed by atoms with Crippen LogP contribution in [0.15, 0.2) is 40.2 Å². The van der Waals surface area contributed by atoms with Gasteiger partial charge in [0.25, 0.3) is 5.56 Å². The number of aromatic nitrogens is 3. The van der Waals surface area contributed by atoms with E-state index in [0.717, 1.165) is 44.1 Å². The van der Waals surface area contributed by atoms with Crippen molar-refractivity contribution in [1.82, 2.24) is 19.9 Å². The molecule has 2 aromatic heterocycles. The summed E-state index contributed by atoms with van der Waals surface area (Å²) in [6.45, 7) is 4.57. The van der Waals surface area contributed by atoms with Crippen LogP contribution in [0.3, 0.4) is 0 Å². The largest absolute Gasteiger partial charge is 0.324 e. The van der Waals surface area contributed by atoms with Crippen molar-refractivity contribution in [1.29, 1.82) is 0 Å². The molecule has 2 heterocycles. The molecule has 1 saturated carbocycles. The molecule has 0 saturated heterocycles. The van der Waals surface area contributed by atoms with Gasteiger partial charge in [-0.25, -0.2) is 13.4 Å². The van der Waals surface area contributed by atoms with Crippen LogP contribution in [0.2, 0.25) is 5.02 Å². The highest BCUT2D eigenvalue weighted by molar-refractivity contribution is 7.91. The molecule has 1 fully saturated rings. The number of halogens is 1. The van der Waals surface area contributed by atoms with E-state index >= 15 is 0 Å². The highest BCUT2D eigenvalue weighted by atomic mass is 35.5. The number of unbranched alkanes of at least 4 members (excludes halogenated alkanes) is 1. The first-order valence-electron chi connectivity index (χ1n) is 11.7. The van der Waals surface area contributed by atoms with Gasteiger partial charge in [-0.15, -0.1) is 0 Å². The molecule has 0 atom stereocenters. The molecule has 0 spiro atoms. The number of nitrogens with zero attached hydrogens (tertiary/aromatic N) is 3. The van der Waals surface area contributed by atoms with Gasteiger partial charge in [-0.1, -0.05) is 37.8 Å². The Morgan fingerprint density at radius 2 is 1.97 bits per heavy atom. The fourth-order valence-electron chi connectivity index (χ4n) is 4.33. The topological polar surface area (TPSA) is 106 Å². The van der Waals surface area contributed by atoms with Gasteiger partial charge in [0.05, 0.1) is 4.90 Å². The number of hydrogen-bond donors (Lipinski definition) is 2. The van der Waals surface area contributed by atoms with Crippen molar-refractivity contribution in [3.05, 3.63) is 51.4 Å². The Morgan fingerprint density at radius 1 is 1.21 bits per heavy atom. The summed E-state index contributed by atoms with van der Waals surface area (Å²) in [5.41, 5.74) is 1.77. The average Bonchev–Trinajstić information content (AvgIpc) is 3.33. The number of anilines is 2. The van der Waals surface area contributed by atoms with Crippen LogP contribution in [0.4, 0.5) is 11.6 Å². The van der Waals surface area contributed by atoms with E-state index in [1.165, 1.54) is 0 Å². The predicted molar refractivity (Wildman–Crippen MR) is 136 cm³/mol. The van der Waals surface area contributed by atoms with Gasteiger partial charge < -0.3 is 10.6 Å². The third kappa shape index (κ3) is 5.26. The van der Waals surface area contributed by atoms with E-state index in [9.17, 15) is 13.2 Å². The third-order valence-electron chi connectivity index (χ3n) is 6.22. The minimum absolute atomic E-state index is 0.0774. The van der Waals surface area contributed by atoms with Crippen molar-refractivity contribution >= 4 is 44.1 Å². The van der Waals surface area contributed by atoms with Gasteiger partial charge in [-0.05, 0) is 62.6 Å². The van der Waals surface area contributed by atoms with Gasteiger partial charge in [-0.2, -0.15) is 4.98 Å². The van der Waals surface area contributed by atoms with Crippen LogP contribution >= 0.6 is 11.6 Å². The second kappa shape index (κ2) is 10.4. The van der Waals surface area contributed by atoms with Crippen molar-refractivity contribution in [2.24, 2.45) is 0 Å². The molecule has 0 aliphatic heterocycles. The molecule has 1 aromatic carbocycles. The molecular weight excluding hydrogens is 474 g/mol. The molecule has 1 aliphatic carbocycles. The summed E-state index contributed by atoms with van der Waals surface area (Å²) in [4.78, 5) is 22.1. The Balaban J connectivity index is 1.61. The van der Waals surface area contributed by atoms with Crippen molar-refractivity contribution in [2.75, 3.05) is 17.7 Å². The fraction of sp³-hybridized carbons (Fsp3) is 0.458.